The molecule has 2 aromatic rings. The van der Waals surface area contributed by atoms with Gasteiger partial charge in [-0.15, -0.1) is 0 Å². The van der Waals surface area contributed by atoms with Crippen LogP contribution in [0.25, 0.3) is 10.8 Å². The predicted octanol–water partition coefficient (Wildman–Crippen LogP) is 2.97. The van der Waals surface area contributed by atoms with E-state index >= 15 is 0 Å². The number of aliphatic hydroxyl groups is 1. The van der Waals surface area contributed by atoms with E-state index in [-0.39, 0.29) is 6.61 Å². The first-order valence-electron chi connectivity index (χ1n) is 6.11. The highest BCUT2D eigenvalue weighted by Gasteiger charge is 2.06. The number of aliphatic hydroxyl groups excluding tert-OH is 1. The molecule has 2 heteroatoms. The third-order valence-corrected chi connectivity index (χ3v) is 2.64. The quantitative estimate of drug-likeness (QED) is 0.836. The molecule has 2 rings (SSSR count). The number of hydrogen-bond acceptors (Lipinski definition) is 2. The minimum absolute atomic E-state index is 0.142. The van der Waals surface area contributed by atoms with Crippen molar-refractivity contribution < 1.29 is 9.84 Å². The molecule has 0 fully saturated rings. The zero-order valence-electron chi connectivity index (χ0n) is 10.4. The first kappa shape index (κ1) is 12.5. The normalized spacial score (nSPS) is 9.89. The van der Waals surface area contributed by atoms with Gasteiger partial charge in [0.1, 0.15) is 12.4 Å². The molecule has 2 aromatic carbocycles. The lowest BCUT2D eigenvalue weighted by atomic mass is 10.0. The van der Waals surface area contributed by atoms with Gasteiger partial charge in [-0.2, -0.15) is 0 Å². The summed E-state index contributed by atoms with van der Waals surface area (Å²) >= 11 is 0. The van der Waals surface area contributed by atoms with Gasteiger partial charge in [0.2, 0.25) is 0 Å². The maximum absolute atomic E-state index is 8.85. The van der Waals surface area contributed by atoms with E-state index in [2.05, 4.69) is 18.8 Å². The van der Waals surface area contributed by atoms with Crippen molar-refractivity contribution in [1.29, 1.82) is 0 Å². The summed E-state index contributed by atoms with van der Waals surface area (Å²) in [4.78, 5) is 0. The molecule has 0 saturated carbocycles. The summed E-state index contributed by atoms with van der Waals surface area (Å²) in [5.74, 6) is 6.48. The van der Waals surface area contributed by atoms with E-state index in [9.17, 15) is 0 Å². The van der Waals surface area contributed by atoms with E-state index in [0.29, 0.717) is 6.61 Å². The van der Waals surface area contributed by atoms with E-state index in [1.54, 1.807) is 0 Å². The van der Waals surface area contributed by atoms with E-state index in [1.165, 1.54) is 0 Å². The Morgan fingerprint density at radius 2 is 2.00 bits per heavy atom. The fraction of sp³-hybridized carbons (Fsp3) is 0.250. The molecule has 0 spiro atoms. The molecule has 0 aliphatic carbocycles. The van der Waals surface area contributed by atoms with E-state index < -0.39 is 0 Å². The van der Waals surface area contributed by atoms with E-state index in [1.807, 2.05) is 36.4 Å². The maximum Gasteiger partial charge on any atom is 0.135 e. The van der Waals surface area contributed by atoms with Crippen molar-refractivity contribution in [3.8, 4) is 17.6 Å². The largest absolute Gasteiger partial charge is 0.492 e. The molecule has 0 unspecified atom stereocenters. The summed E-state index contributed by atoms with van der Waals surface area (Å²) < 4.78 is 5.71. The van der Waals surface area contributed by atoms with Gasteiger partial charge in [-0.25, -0.2) is 0 Å². The topological polar surface area (TPSA) is 29.5 Å². The summed E-state index contributed by atoms with van der Waals surface area (Å²) in [6, 6.07) is 12.0. The van der Waals surface area contributed by atoms with Crippen molar-refractivity contribution in [1.82, 2.24) is 0 Å². The predicted molar refractivity (Wildman–Crippen MR) is 73.7 cm³/mol. The molecule has 0 amide bonds. The van der Waals surface area contributed by atoms with Crippen LogP contribution in [0.1, 0.15) is 18.9 Å². The van der Waals surface area contributed by atoms with Gasteiger partial charge in [0.05, 0.1) is 12.2 Å². The Morgan fingerprint density at radius 1 is 1.17 bits per heavy atom. The van der Waals surface area contributed by atoms with Crippen molar-refractivity contribution in [3.63, 3.8) is 0 Å². The number of benzene rings is 2. The lowest BCUT2D eigenvalue weighted by Crippen LogP contribution is -1.98. The Labute approximate surface area is 107 Å². The summed E-state index contributed by atoms with van der Waals surface area (Å²) in [5, 5.41) is 11.0. The van der Waals surface area contributed by atoms with Crippen LogP contribution in [-0.2, 0) is 0 Å². The van der Waals surface area contributed by atoms with Gasteiger partial charge in [-0.1, -0.05) is 49.1 Å². The Hall–Kier alpha value is -1.98. The summed E-state index contributed by atoms with van der Waals surface area (Å²) in [6.07, 6.45) is 0.958. The second-order valence-corrected chi connectivity index (χ2v) is 3.97. The molecular formula is C16H16O2. The highest BCUT2D eigenvalue weighted by molar-refractivity contribution is 5.90. The van der Waals surface area contributed by atoms with Gasteiger partial charge in [-0.3, -0.25) is 0 Å². The zero-order valence-corrected chi connectivity index (χ0v) is 10.4. The van der Waals surface area contributed by atoms with Crippen LogP contribution in [0.3, 0.4) is 0 Å². The lowest BCUT2D eigenvalue weighted by molar-refractivity contribution is 0.317. The molecule has 0 radical (unpaired) electrons. The van der Waals surface area contributed by atoms with Gasteiger partial charge in [0.25, 0.3) is 0 Å². The molecule has 0 aliphatic rings. The molecule has 0 bridgehead atoms. The first-order valence-corrected chi connectivity index (χ1v) is 6.11. The van der Waals surface area contributed by atoms with Crippen molar-refractivity contribution in [2.45, 2.75) is 13.3 Å². The number of rotatable bonds is 3. The van der Waals surface area contributed by atoms with Crippen molar-refractivity contribution in [2.24, 2.45) is 0 Å². The number of ether oxygens (including phenoxy) is 1. The van der Waals surface area contributed by atoms with Crippen LogP contribution in [0.4, 0.5) is 0 Å². The van der Waals surface area contributed by atoms with E-state index in [4.69, 9.17) is 9.84 Å². The van der Waals surface area contributed by atoms with Crippen LogP contribution in [-0.4, -0.2) is 18.3 Å². The first-order chi connectivity index (χ1) is 8.86. The molecule has 0 saturated heterocycles. The average molecular weight is 240 g/mol. The smallest absolute Gasteiger partial charge is 0.135 e. The van der Waals surface area contributed by atoms with Crippen LogP contribution in [0.2, 0.25) is 0 Å². The average Bonchev–Trinajstić information content (AvgIpc) is 2.43. The standard InChI is InChI=1S/C16H16O2/c1-2-12-18-16-10-9-13-6-3-4-7-14(13)15(16)8-5-11-17/h3-4,6-7,9-10,17H,2,11-12H2,1H3. The highest BCUT2D eigenvalue weighted by atomic mass is 16.5. The molecule has 0 aromatic heterocycles. The van der Waals surface area contributed by atoms with Gasteiger partial charge in [0.15, 0.2) is 0 Å². The summed E-state index contributed by atoms with van der Waals surface area (Å²) in [6.45, 7) is 2.60. The van der Waals surface area contributed by atoms with Crippen LogP contribution >= 0.6 is 0 Å². The molecule has 1 N–H and O–H groups in total. The van der Waals surface area contributed by atoms with Crippen LogP contribution in [0.5, 0.6) is 5.75 Å². The second-order valence-electron chi connectivity index (χ2n) is 3.97. The van der Waals surface area contributed by atoms with Gasteiger partial charge in [0, 0.05) is 5.39 Å². The van der Waals surface area contributed by atoms with Crippen LogP contribution in [0.15, 0.2) is 36.4 Å². The van der Waals surface area contributed by atoms with E-state index in [0.717, 1.165) is 28.5 Å². The Kier molecular flexibility index (Phi) is 4.22. The maximum atomic E-state index is 8.85. The van der Waals surface area contributed by atoms with Gasteiger partial charge < -0.3 is 9.84 Å². The van der Waals surface area contributed by atoms with Crippen LogP contribution < -0.4 is 4.74 Å². The Balaban J connectivity index is 2.55. The fourth-order valence-corrected chi connectivity index (χ4v) is 1.84. The summed E-state index contributed by atoms with van der Waals surface area (Å²) in [7, 11) is 0. The van der Waals surface area contributed by atoms with Gasteiger partial charge in [-0.05, 0) is 17.9 Å². The van der Waals surface area contributed by atoms with Crippen molar-refractivity contribution >= 4 is 10.8 Å². The number of hydrogen-bond donors (Lipinski definition) is 1. The fourth-order valence-electron chi connectivity index (χ4n) is 1.84. The molecular weight excluding hydrogens is 224 g/mol. The van der Waals surface area contributed by atoms with Gasteiger partial charge >= 0.3 is 0 Å². The Bertz CT molecular complexity index is 591. The lowest BCUT2D eigenvalue weighted by Gasteiger charge is -2.09. The molecule has 0 heterocycles. The second kappa shape index (κ2) is 6.09. The van der Waals surface area contributed by atoms with Crippen molar-refractivity contribution in [3.05, 3.63) is 42.0 Å². The summed E-state index contributed by atoms with van der Waals surface area (Å²) in [5.41, 5.74) is 0.857. The molecule has 2 nitrogen and oxygen atoms in total. The Morgan fingerprint density at radius 3 is 2.78 bits per heavy atom. The minimum atomic E-state index is -0.142. The van der Waals surface area contributed by atoms with Crippen LogP contribution in [0, 0.1) is 11.8 Å². The molecule has 92 valence electrons. The zero-order chi connectivity index (χ0) is 12.8. The molecule has 0 aliphatic heterocycles. The molecule has 18 heavy (non-hydrogen) atoms. The number of fused-ring (bicyclic) bond motifs is 1. The third kappa shape index (κ3) is 2.64. The third-order valence-electron chi connectivity index (χ3n) is 2.64. The monoisotopic (exact) mass is 240 g/mol. The van der Waals surface area contributed by atoms with Crippen molar-refractivity contribution in [2.75, 3.05) is 13.2 Å². The molecule has 0 atom stereocenters. The highest BCUT2D eigenvalue weighted by Crippen LogP contribution is 2.27. The minimum Gasteiger partial charge on any atom is -0.492 e. The SMILES string of the molecule is CCCOc1ccc2ccccc2c1C#CCO.